The lowest BCUT2D eigenvalue weighted by molar-refractivity contribution is 0.168. The van der Waals surface area contributed by atoms with Gasteiger partial charge in [-0.3, -0.25) is 0 Å². The predicted molar refractivity (Wildman–Crippen MR) is 72.4 cm³/mol. The van der Waals surface area contributed by atoms with Crippen LogP contribution in [0.2, 0.25) is 0 Å². The first kappa shape index (κ1) is 15.9. The smallest absolute Gasteiger partial charge is 0.279 e. The largest absolute Gasteiger partial charge is 0.396 e. The Morgan fingerprint density at radius 2 is 1.89 bits per heavy atom. The molecule has 0 amide bonds. The Labute approximate surface area is 111 Å². The molecule has 0 saturated carbocycles. The predicted octanol–water partition coefficient (Wildman–Crippen LogP) is 1.10. The highest BCUT2D eigenvalue weighted by atomic mass is 32.2. The summed E-state index contributed by atoms with van der Waals surface area (Å²) in [6, 6.07) is 0. The van der Waals surface area contributed by atoms with Crippen molar-refractivity contribution in [2.75, 3.05) is 19.7 Å². The Balaban J connectivity index is 2.59. The van der Waals surface area contributed by atoms with Crippen molar-refractivity contribution in [2.24, 2.45) is 5.92 Å². The summed E-state index contributed by atoms with van der Waals surface area (Å²) in [6.45, 7) is 7.03. The van der Waals surface area contributed by atoms with E-state index in [1.54, 1.807) is 0 Å². The fraction of sp³-hybridized carbons (Fsp3) is 1.00. The summed E-state index contributed by atoms with van der Waals surface area (Å²) in [5.74, 6) is 0.250. The molecule has 2 N–H and O–H groups in total. The Kier molecular flexibility index (Phi) is 5.58. The van der Waals surface area contributed by atoms with E-state index in [1.807, 2.05) is 20.8 Å². The lowest BCUT2D eigenvalue weighted by Crippen LogP contribution is -2.52. The van der Waals surface area contributed by atoms with E-state index in [4.69, 9.17) is 5.11 Å². The zero-order valence-corrected chi connectivity index (χ0v) is 12.5. The molecule has 1 aliphatic rings. The molecule has 6 heteroatoms. The molecular weight excluding hydrogens is 252 g/mol. The van der Waals surface area contributed by atoms with Crippen molar-refractivity contribution in [3.63, 3.8) is 0 Å². The van der Waals surface area contributed by atoms with Gasteiger partial charge in [0.15, 0.2) is 0 Å². The molecule has 0 aromatic rings. The highest BCUT2D eigenvalue weighted by Crippen LogP contribution is 2.20. The molecule has 0 bridgehead atoms. The van der Waals surface area contributed by atoms with Crippen LogP contribution in [0.3, 0.4) is 0 Å². The van der Waals surface area contributed by atoms with Gasteiger partial charge >= 0.3 is 0 Å². The molecule has 0 atom stereocenters. The minimum absolute atomic E-state index is 0.155. The van der Waals surface area contributed by atoms with E-state index in [9.17, 15) is 8.42 Å². The van der Waals surface area contributed by atoms with Gasteiger partial charge in [0, 0.05) is 25.2 Å². The Morgan fingerprint density at radius 1 is 1.33 bits per heavy atom. The molecule has 108 valence electrons. The third kappa shape index (κ3) is 4.50. The Bertz CT molecular complexity index is 346. The van der Waals surface area contributed by atoms with Gasteiger partial charge in [0.1, 0.15) is 0 Å². The minimum atomic E-state index is -3.39. The van der Waals surface area contributed by atoms with Crippen molar-refractivity contribution >= 4 is 10.2 Å². The number of piperidine rings is 1. The van der Waals surface area contributed by atoms with Crippen molar-refractivity contribution in [3.05, 3.63) is 0 Å². The first-order chi connectivity index (χ1) is 8.30. The van der Waals surface area contributed by atoms with E-state index in [0.29, 0.717) is 13.1 Å². The maximum Gasteiger partial charge on any atom is 0.279 e. The van der Waals surface area contributed by atoms with Crippen molar-refractivity contribution in [3.8, 4) is 0 Å². The third-order valence-electron chi connectivity index (χ3n) is 3.45. The number of nitrogens with zero attached hydrogens (tertiary/aromatic N) is 1. The molecule has 0 aliphatic carbocycles. The van der Waals surface area contributed by atoms with Crippen LogP contribution in [-0.2, 0) is 10.2 Å². The van der Waals surface area contributed by atoms with Gasteiger partial charge in [-0.25, -0.2) is 0 Å². The van der Waals surface area contributed by atoms with Gasteiger partial charge < -0.3 is 5.11 Å². The van der Waals surface area contributed by atoms with Gasteiger partial charge in [0.25, 0.3) is 10.2 Å². The average molecular weight is 278 g/mol. The van der Waals surface area contributed by atoms with E-state index in [1.165, 1.54) is 4.31 Å². The zero-order valence-electron chi connectivity index (χ0n) is 11.6. The zero-order chi connectivity index (χ0) is 13.8. The molecule has 0 radical (unpaired) electrons. The average Bonchev–Trinajstić information content (AvgIpc) is 2.27. The van der Waals surface area contributed by atoms with Gasteiger partial charge in [0.05, 0.1) is 0 Å². The van der Waals surface area contributed by atoms with Crippen molar-refractivity contribution < 1.29 is 13.5 Å². The van der Waals surface area contributed by atoms with E-state index < -0.39 is 15.7 Å². The lowest BCUT2D eigenvalue weighted by atomic mass is 10.00. The van der Waals surface area contributed by atoms with Crippen LogP contribution in [0, 0.1) is 5.92 Å². The maximum absolute atomic E-state index is 12.2. The molecule has 0 spiro atoms. The molecule has 1 fully saturated rings. The number of nitrogens with one attached hydrogen (secondary N) is 1. The topological polar surface area (TPSA) is 69.6 Å². The molecule has 1 heterocycles. The minimum Gasteiger partial charge on any atom is -0.396 e. The number of hydrogen-bond donors (Lipinski definition) is 2. The molecular formula is C12H26N2O3S. The molecule has 0 aromatic heterocycles. The fourth-order valence-electron chi connectivity index (χ4n) is 2.42. The van der Waals surface area contributed by atoms with Crippen molar-refractivity contribution in [2.45, 2.75) is 52.0 Å². The van der Waals surface area contributed by atoms with E-state index >= 15 is 0 Å². The number of aliphatic hydroxyl groups excluding tert-OH is 1. The molecule has 0 unspecified atom stereocenters. The van der Waals surface area contributed by atoms with Crippen LogP contribution in [0.5, 0.6) is 0 Å². The van der Waals surface area contributed by atoms with Gasteiger partial charge in [-0.2, -0.15) is 17.4 Å². The van der Waals surface area contributed by atoms with Crippen LogP contribution < -0.4 is 4.72 Å². The second-order valence-corrected chi connectivity index (χ2v) is 7.44. The molecule has 1 aliphatic heterocycles. The van der Waals surface area contributed by atoms with E-state index in [0.717, 1.165) is 25.7 Å². The summed E-state index contributed by atoms with van der Waals surface area (Å²) in [5, 5.41) is 9.05. The first-order valence-electron chi connectivity index (χ1n) is 6.70. The second kappa shape index (κ2) is 6.32. The Morgan fingerprint density at radius 3 is 2.33 bits per heavy atom. The van der Waals surface area contributed by atoms with Gasteiger partial charge in [0.2, 0.25) is 0 Å². The molecule has 5 nitrogen and oxygen atoms in total. The number of aliphatic hydroxyl groups is 1. The molecule has 0 aromatic carbocycles. The molecule has 1 rings (SSSR count). The number of rotatable bonds is 6. The Hall–Kier alpha value is -0.170. The normalized spacial score (nSPS) is 20.2. The van der Waals surface area contributed by atoms with Crippen LogP contribution in [-0.4, -0.2) is 43.1 Å². The number of hydrogen-bond acceptors (Lipinski definition) is 3. The quantitative estimate of drug-likeness (QED) is 0.764. The van der Waals surface area contributed by atoms with Gasteiger partial charge in [-0.1, -0.05) is 13.3 Å². The second-order valence-electron chi connectivity index (χ2n) is 5.77. The van der Waals surface area contributed by atoms with Crippen molar-refractivity contribution in [1.82, 2.24) is 9.03 Å². The van der Waals surface area contributed by atoms with Crippen LogP contribution in [0.4, 0.5) is 0 Å². The standard InChI is InChI=1S/C12H26N2O3S/c1-4-7-12(2,3)13-18(16,17)14-8-5-11(10-15)6-9-14/h11,13,15H,4-10H2,1-3H3. The summed E-state index contributed by atoms with van der Waals surface area (Å²) in [6.07, 6.45) is 3.25. The SMILES string of the molecule is CCCC(C)(C)NS(=O)(=O)N1CCC(CO)CC1. The van der Waals surface area contributed by atoms with Crippen molar-refractivity contribution in [1.29, 1.82) is 0 Å². The van der Waals surface area contributed by atoms with Crippen LogP contribution in [0.25, 0.3) is 0 Å². The highest BCUT2D eigenvalue weighted by Gasteiger charge is 2.31. The monoisotopic (exact) mass is 278 g/mol. The lowest BCUT2D eigenvalue weighted by Gasteiger charge is -2.34. The summed E-state index contributed by atoms with van der Waals surface area (Å²) in [7, 11) is -3.39. The summed E-state index contributed by atoms with van der Waals surface area (Å²) < 4.78 is 28.7. The summed E-state index contributed by atoms with van der Waals surface area (Å²) in [4.78, 5) is 0. The van der Waals surface area contributed by atoms with Gasteiger partial charge in [-0.15, -0.1) is 0 Å². The first-order valence-corrected chi connectivity index (χ1v) is 8.14. The molecule has 18 heavy (non-hydrogen) atoms. The third-order valence-corrected chi connectivity index (χ3v) is 5.31. The summed E-state index contributed by atoms with van der Waals surface area (Å²) in [5.41, 5.74) is -0.401. The summed E-state index contributed by atoms with van der Waals surface area (Å²) >= 11 is 0. The van der Waals surface area contributed by atoms with Crippen LogP contribution in [0.1, 0.15) is 46.5 Å². The van der Waals surface area contributed by atoms with Gasteiger partial charge in [-0.05, 0) is 39.0 Å². The highest BCUT2D eigenvalue weighted by molar-refractivity contribution is 7.87. The van der Waals surface area contributed by atoms with Crippen LogP contribution in [0.15, 0.2) is 0 Å². The molecule has 1 saturated heterocycles. The van der Waals surface area contributed by atoms with Crippen LogP contribution >= 0.6 is 0 Å². The van der Waals surface area contributed by atoms with E-state index in [2.05, 4.69) is 4.72 Å². The maximum atomic E-state index is 12.2. The fourth-order valence-corrected chi connectivity index (χ4v) is 4.04. The van der Waals surface area contributed by atoms with E-state index in [-0.39, 0.29) is 12.5 Å².